The molecule has 0 radical (unpaired) electrons. The van der Waals surface area contributed by atoms with E-state index in [1.165, 1.54) is 5.56 Å². The van der Waals surface area contributed by atoms with Crippen molar-refractivity contribution in [1.29, 1.82) is 0 Å². The monoisotopic (exact) mass is 610 g/mol. The van der Waals surface area contributed by atoms with Crippen molar-refractivity contribution in [3.05, 3.63) is 113 Å². The molecule has 2 unspecified atom stereocenters. The van der Waals surface area contributed by atoms with Gasteiger partial charge in [-0.25, -0.2) is 0 Å². The number of rotatable bonds is 11. The summed E-state index contributed by atoms with van der Waals surface area (Å²) in [6.45, 7) is 17.1. The van der Waals surface area contributed by atoms with Gasteiger partial charge in [0.1, 0.15) is 0 Å². The Balaban J connectivity index is 1.97. The third-order valence-corrected chi connectivity index (χ3v) is 10.2. The van der Waals surface area contributed by atoms with Gasteiger partial charge in [0.2, 0.25) is 0 Å². The number of benzene rings is 3. The first kappa shape index (κ1) is 34.8. The molecule has 5 atom stereocenters. The van der Waals surface area contributed by atoms with Gasteiger partial charge >= 0.3 is 0 Å². The van der Waals surface area contributed by atoms with Gasteiger partial charge in [-0.2, -0.15) is 0 Å². The van der Waals surface area contributed by atoms with E-state index in [1.807, 2.05) is 57.2 Å². The van der Waals surface area contributed by atoms with Crippen LogP contribution in [0.4, 0.5) is 0 Å². The molecule has 0 bridgehead atoms. The largest absolute Gasteiger partial charge is 0.393 e. The Morgan fingerprint density at radius 1 is 0.933 bits per heavy atom. The summed E-state index contributed by atoms with van der Waals surface area (Å²) in [5.74, 6) is 0.464. The molecule has 1 N–H and O–H groups in total. The normalized spacial score (nSPS) is 23.5. The second-order valence-corrected chi connectivity index (χ2v) is 14.7. The number of carbonyl (C=O) groups is 1. The highest BCUT2D eigenvalue weighted by Gasteiger charge is 2.61. The lowest BCUT2D eigenvalue weighted by atomic mass is 9.59. The van der Waals surface area contributed by atoms with Crippen molar-refractivity contribution in [3.63, 3.8) is 0 Å². The van der Waals surface area contributed by atoms with Crippen molar-refractivity contribution in [2.75, 3.05) is 7.11 Å². The lowest BCUT2D eigenvalue weighted by Crippen LogP contribution is -2.63. The van der Waals surface area contributed by atoms with Crippen molar-refractivity contribution in [3.8, 4) is 0 Å². The molecule has 1 saturated carbocycles. The second kappa shape index (κ2) is 13.7. The smallest absolute Gasteiger partial charge is 0.173 e. The Hall–Kier alpha value is -3.05. The summed E-state index contributed by atoms with van der Waals surface area (Å²) in [7, 11) is 1.62. The molecular formula is C41H54O4. The highest BCUT2D eigenvalue weighted by molar-refractivity contribution is 5.94. The van der Waals surface area contributed by atoms with E-state index >= 15 is 4.79 Å². The van der Waals surface area contributed by atoms with Gasteiger partial charge < -0.3 is 14.6 Å². The Kier molecular flexibility index (Phi) is 10.6. The van der Waals surface area contributed by atoms with Crippen molar-refractivity contribution in [1.82, 2.24) is 0 Å². The van der Waals surface area contributed by atoms with Crippen molar-refractivity contribution >= 4 is 11.9 Å². The second-order valence-electron chi connectivity index (χ2n) is 14.7. The zero-order chi connectivity index (χ0) is 33.0. The summed E-state index contributed by atoms with van der Waals surface area (Å²) in [6.07, 6.45) is 5.39. The van der Waals surface area contributed by atoms with Gasteiger partial charge in [0, 0.05) is 12.5 Å². The Labute approximate surface area is 271 Å². The number of allylic oxidation sites excluding steroid dienone is 1. The zero-order valence-corrected chi connectivity index (χ0v) is 28.9. The molecule has 1 aliphatic rings. The molecule has 0 amide bonds. The Morgan fingerprint density at radius 2 is 1.49 bits per heavy atom. The highest BCUT2D eigenvalue weighted by atomic mass is 16.6. The highest BCUT2D eigenvalue weighted by Crippen LogP contribution is 2.52. The van der Waals surface area contributed by atoms with Crippen LogP contribution >= 0.6 is 0 Å². The minimum absolute atomic E-state index is 0.0424. The van der Waals surface area contributed by atoms with Crippen molar-refractivity contribution < 1.29 is 19.4 Å². The van der Waals surface area contributed by atoms with Gasteiger partial charge in [0.05, 0.1) is 12.7 Å². The molecule has 3 aromatic carbocycles. The third kappa shape index (κ3) is 6.89. The van der Waals surface area contributed by atoms with Crippen LogP contribution in [0.2, 0.25) is 0 Å². The lowest BCUT2D eigenvalue weighted by Gasteiger charge is -2.52. The molecule has 0 spiro atoms. The van der Waals surface area contributed by atoms with Gasteiger partial charge in [-0.05, 0) is 78.2 Å². The number of ketones is 1. The molecule has 0 aliphatic heterocycles. The molecular weight excluding hydrogens is 556 g/mol. The van der Waals surface area contributed by atoms with Crippen LogP contribution in [0.25, 0.3) is 6.08 Å². The van der Waals surface area contributed by atoms with Crippen LogP contribution in [0.5, 0.6) is 0 Å². The minimum atomic E-state index is -1.44. The number of hydrogen-bond donors (Lipinski definition) is 1. The number of ether oxygens (including phenoxy) is 2. The van der Waals surface area contributed by atoms with Gasteiger partial charge in [0.25, 0.3) is 0 Å². The maximum absolute atomic E-state index is 15.3. The molecule has 3 aromatic rings. The number of methoxy groups -OCH3 is 1. The first-order valence-electron chi connectivity index (χ1n) is 16.5. The van der Waals surface area contributed by atoms with E-state index < -0.39 is 22.7 Å². The summed E-state index contributed by atoms with van der Waals surface area (Å²) in [4.78, 5) is 15.3. The molecule has 0 heterocycles. The summed E-state index contributed by atoms with van der Waals surface area (Å²) in [5.41, 5.74) is 1.37. The fourth-order valence-electron chi connectivity index (χ4n) is 7.36. The standard InChI is InChI=1S/C41H54O4/c1-10-14-30-17-19-33(20-18-30)41(45-28-31-15-12-11-13-16-31,34-23-21-32(22-24-34)38(4,5)6)40(8,44-9)37(43)39(7)26-25-35(29(2)3)36(42)27-39/h10-24,29,35-36,42H,25-28H2,1-9H3/t35-,36+,39+,40?,41?/m0/s1. The van der Waals surface area contributed by atoms with Gasteiger partial charge in [-0.1, -0.05) is 133 Å². The quantitative estimate of drug-likeness (QED) is 0.235. The lowest BCUT2D eigenvalue weighted by molar-refractivity contribution is -0.200. The van der Waals surface area contributed by atoms with E-state index in [2.05, 4.69) is 89.2 Å². The van der Waals surface area contributed by atoms with Crippen molar-refractivity contribution in [2.45, 2.75) is 104 Å². The number of carbonyl (C=O) groups excluding carboxylic acids is 1. The van der Waals surface area contributed by atoms with E-state index in [1.54, 1.807) is 7.11 Å². The predicted octanol–water partition coefficient (Wildman–Crippen LogP) is 9.28. The summed E-state index contributed by atoms with van der Waals surface area (Å²) < 4.78 is 13.7. The summed E-state index contributed by atoms with van der Waals surface area (Å²) >= 11 is 0. The maximum Gasteiger partial charge on any atom is 0.173 e. The topological polar surface area (TPSA) is 55.8 Å². The van der Waals surface area contributed by atoms with Gasteiger partial charge in [-0.15, -0.1) is 0 Å². The van der Waals surface area contributed by atoms with Crippen LogP contribution in [-0.4, -0.2) is 29.7 Å². The number of aliphatic hydroxyl groups is 1. The van der Waals surface area contributed by atoms with Crippen LogP contribution in [0.1, 0.15) is 102 Å². The summed E-state index contributed by atoms with van der Waals surface area (Å²) in [5, 5.41) is 11.3. The number of aliphatic hydroxyl groups excluding tert-OH is 1. The molecule has 1 aliphatic carbocycles. The first-order valence-corrected chi connectivity index (χ1v) is 16.5. The van der Waals surface area contributed by atoms with Crippen LogP contribution in [0.3, 0.4) is 0 Å². The summed E-state index contributed by atoms with van der Waals surface area (Å²) in [6, 6.07) is 26.8. The van der Waals surface area contributed by atoms with E-state index in [0.29, 0.717) is 18.8 Å². The fourth-order valence-corrected chi connectivity index (χ4v) is 7.36. The zero-order valence-electron chi connectivity index (χ0n) is 28.9. The van der Waals surface area contributed by atoms with Crippen LogP contribution in [0.15, 0.2) is 84.9 Å². The Morgan fingerprint density at radius 3 is 1.98 bits per heavy atom. The molecule has 4 nitrogen and oxygen atoms in total. The first-order chi connectivity index (χ1) is 21.2. The molecule has 1 fully saturated rings. The molecule has 4 rings (SSSR count). The fraction of sp³-hybridized carbons (Fsp3) is 0.488. The molecule has 242 valence electrons. The third-order valence-electron chi connectivity index (χ3n) is 10.2. The molecule has 45 heavy (non-hydrogen) atoms. The average molecular weight is 611 g/mol. The molecule has 4 heteroatoms. The number of Topliss-reactive ketones (excluding diaryl/α,β-unsaturated/α-hetero) is 1. The van der Waals surface area contributed by atoms with Crippen LogP contribution in [0, 0.1) is 17.3 Å². The van der Waals surface area contributed by atoms with Crippen molar-refractivity contribution in [2.24, 2.45) is 17.3 Å². The molecule has 0 aromatic heterocycles. The number of hydrogen-bond acceptors (Lipinski definition) is 4. The van der Waals surface area contributed by atoms with E-state index in [-0.39, 0.29) is 23.7 Å². The SMILES string of the molecule is CC=Cc1ccc(C(OCc2ccccc2)(c2ccc(C(C)(C)C)cc2)C(C)(OC)C(=O)[C@]2(C)CC[C@@H](C(C)C)[C@H](O)C2)cc1. The average Bonchev–Trinajstić information content (AvgIpc) is 3.01. The predicted molar refractivity (Wildman–Crippen MR) is 185 cm³/mol. The Bertz CT molecular complexity index is 1430. The van der Waals surface area contributed by atoms with E-state index in [0.717, 1.165) is 28.7 Å². The van der Waals surface area contributed by atoms with Crippen LogP contribution < -0.4 is 0 Å². The van der Waals surface area contributed by atoms with Gasteiger partial charge in [-0.3, -0.25) is 4.79 Å². The van der Waals surface area contributed by atoms with E-state index in [9.17, 15) is 5.11 Å². The van der Waals surface area contributed by atoms with Crippen LogP contribution in [-0.2, 0) is 31.9 Å². The maximum atomic E-state index is 15.3. The molecule has 0 saturated heterocycles. The van der Waals surface area contributed by atoms with Gasteiger partial charge in [0.15, 0.2) is 17.0 Å². The minimum Gasteiger partial charge on any atom is -0.393 e. The van der Waals surface area contributed by atoms with E-state index in [4.69, 9.17) is 9.47 Å².